The topological polar surface area (TPSA) is 26.8 Å². The number of rotatable bonds is 5. The van der Waals surface area contributed by atoms with Gasteiger partial charge in [0, 0.05) is 50.6 Å². The van der Waals surface area contributed by atoms with E-state index in [0.29, 0.717) is 23.2 Å². The molecule has 1 aromatic rings. The Kier molecular flexibility index (Phi) is 5.56. The summed E-state index contributed by atoms with van der Waals surface area (Å²) in [6.07, 6.45) is 6.02. The highest BCUT2D eigenvalue weighted by Gasteiger charge is 2.55. The van der Waals surface area contributed by atoms with Crippen LogP contribution in [0.5, 0.6) is 0 Å². The highest BCUT2D eigenvalue weighted by Crippen LogP contribution is 2.45. The Labute approximate surface area is 164 Å². The maximum atomic E-state index is 12.9. The molecule has 27 heavy (non-hydrogen) atoms. The minimum atomic E-state index is 0.309. The second-order valence-electron chi connectivity index (χ2n) is 9.51. The lowest BCUT2D eigenvalue weighted by Gasteiger charge is -2.52. The fraction of sp³-hybridized carbons (Fsp3) is 0.696. The first kappa shape index (κ1) is 18.9. The van der Waals surface area contributed by atoms with Gasteiger partial charge in [0.05, 0.1) is 0 Å². The number of hydrogen-bond donors (Lipinski definition) is 0. The van der Waals surface area contributed by atoms with E-state index in [9.17, 15) is 4.79 Å². The van der Waals surface area contributed by atoms with Gasteiger partial charge in [0.1, 0.15) is 0 Å². The zero-order valence-electron chi connectivity index (χ0n) is 17.1. The predicted molar refractivity (Wildman–Crippen MR) is 109 cm³/mol. The molecule has 148 valence electrons. The van der Waals surface area contributed by atoms with E-state index in [1.165, 1.54) is 24.8 Å². The van der Waals surface area contributed by atoms with Crippen molar-refractivity contribution in [1.29, 1.82) is 0 Å². The average molecular weight is 370 g/mol. The molecular formula is C23H35N3O. The maximum absolute atomic E-state index is 12.9. The fourth-order valence-electron chi connectivity index (χ4n) is 5.63. The lowest BCUT2D eigenvalue weighted by molar-refractivity contribution is -0.151. The Hall–Kier alpha value is -1.39. The quantitative estimate of drug-likeness (QED) is 0.798. The number of nitrogens with zero attached hydrogens (tertiary/aromatic N) is 3. The molecule has 4 heteroatoms. The highest BCUT2D eigenvalue weighted by atomic mass is 16.2. The van der Waals surface area contributed by atoms with Crippen LogP contribution in [-0.2, 0) is 11.3 Å². The number of benzene rings is 1. The van der Waals surface area contributed by atoms with Crippen LogP contribution in [0.4, 0.5) is 0 Å². The van der Waals surface area contributed by atoms with Crippen molar-refractivity contribution in [1.82, 2.24) is 14.7 Å². The van der Waals surface area contributed by atoms with Gasteiger partial charge in [-0.2, -0.15) is 0 Å². The first-order chi connectivity index (χ1) is 13.1. The summed E-state index contributed by atoms with van der Waals surface area (Å²) in [6.45, 7) is 6.39. The van der Waals surface area contributed by atoms with E-state index >= 15 is 0 Å². The molecule has 0 N–H and O–H groups in total. The molecule has 1 aliphatic carbocycles. The molecule has 4 rings (SSSR count). The summed E-state index contributed by atoms with van der Waals surface area (Å²) in [4.78, 5) is 20.0. The molecule has 1 spiro atoms. The first-order valence-electron chi connectivity index (χ1n) is 10.8. The predicted octanol–water partition coefficient (Wildman–Crippen LogP) is 3.09. The van der Waals surface area contributed by atoms with Crippen LogP contribution in [0.25, 0.3) is 0 Å². The highest BCUT2D eigenvalue weighted by molar-refractivity contribution is 5.80. The van der Waals surface area contributed by atoms with Crippen LogP contribution in [0.3, 0.4) is 0 Å². The molecule has 1 atom stereocenters. The molecule has 4 nitrogen and oxygen atoms in total. The van der Waals surface area contributed by atoms with Gasteiger partial charge in [0.15, 0.2) is 0 Å². The molecule has 2 aliphatic heterocycles. The van der Waals surface area contributed by atoms with Gasteiger partial charge >= 0.3 is 0 Å². The van der Waals surface area contributed by atoms with Gasteiger partial charge in [-0.25, -0.2) is 0 Å². The molecule has 3 fully saturated rings. The minimum absolute atomic E-state index is 0.309. The van der Waals surface area contributed by atoms with Gasteiger partial charge in [-0.05, 0) is 38.4 Å². The largest absolute Gasteiger partial charge is 0.341 e. The van der Waals surface area contributed by atoms with Crippen LogP contribution in [0.15, 0.2) is 30.3 Å². The molecule has 1 saturated carbocycles. The summed E-state index contributed by atoms with van der Waals surface area (Å²) in [6, 6.07) is 10.8. The molecule has 0 radical (unpaired) electrons. The van der Waals surface area contributed by atoms with Gasteiger partial charge in [-0.3, -0.25) is 9.69 Å². The molecule has 0 aromatic heterocycles. The van der Waals surface area contributed by atoms with E-state index in [2.05, 4.69) is 59.1 Å². The first-order valence-corrected chi connectivity index (χ1v) is 10.8. The third-order valence-electron chi connectivity index (χ3n) is 7.00. The van der Waals surface area contributed by atoms with Gasteiger partial charge in [-0.15, -0.1) is 0 Å². The minimum Gasteiger partial charge on any atom is -0.341 e. The molecule has 2 saturated heterocycles. The number of carbonyl (C=O) groups excluding carboxylic acids is 1. The van der Waals surface area contributed by atoms with Crippen molar-refractivity contribution in [2.45, 2.75) is 38.6 Å². The zero-order valence-corrected chi connectivity index (χ0v) is 17.1. The Balaban J connectivity index is 1.40. The van der Waals surface area contributed by atoms with Gasteiger partial charge < -0.3 is 9.80 Å². The van der Waals surface area contributed by atoms with Crippen LogP contribution >= 0.6 is 0 Å². The average Bonchev–Trinajstić information content (AvgIpc) is 2.98. The maximum Gasteiger partial charge on any atom is 0.225 e. The Morgan fingerprint density at radius 2 is 1.78 bits per heavy atom. The molecule has 2 heterocycles. The van der Waals surface area contributed by atoms with Crippen LogP contribution in [-0.4, -0.2) is 67.4 Å². The lowest BCUT2D eigenvalue weighted by atomic mass is 9.70. The van der Waals surface area contributed by atoms with Crippen molar-refractivity contribution in [3.05, 3.63) is 35.9 Å². The van der Waals surface area contributed by atoms with E-state index < -0.39 is 0 Å². The van der Waals surface area contributed by atoms with Crippen LogP contribution in [0, 0.1) is 17.3 Å². The van der Waals surface area contributed by atoms with Gasteiger partial charge in [0.2, 0.25) is 5.91 Å². The van der Waals surface area contributed by atoms with Crippen LogP contribution in [0.2, 0.25) is 0 Å². The van der Waals surface area contributed by atoms with E-state index in [4.69, 9.17) is 0 Å². The lowest BCUT2D eigenvalue weighted by Crippen LogP contribution is -2.64. The number of carbonyl (C=O) groups is 1. The van der Waals surface area contributed by atoms with E-state index in [1.807, 2.05) is 0 Å². The summed E-state index contributed by atoms with van der Waals surface area (Å²) >= 11 is 0. The van der Waals surface area contributed by atoms with Crippen molar-refractivity contribution in [2.75, 3.05) is 46.8 Å². The van der Waals surface area contributed by atoms with Crippen LogP contribution < -0.4 is 0 Å². The van der Waals surface area contributed by atoms with E-state index in [-0.39, 0.29) is 0 Å². The summed E-state index contributed by atoms with van der Waals surface area (Å²) in [5.74, 6) is 1.42. The fourth-order valence-corrected chi connectivity index (χ4v) is 5.63. The van der Waals surface area contributed by atoms with Crippen molar-refractivity contribution in [3.8, 4) is 0 Å². The Morgan fingerprint density at radius 3 is 2.44 bits per heavy atom. The second kappa shape index (κ2) is 7.92. The van der Waals surface area contributed by atoms with Crippen LogP contribution in [0.1, 0.15) is 37.7 Å². The van der Waals surface area contributed by atoms with Crippen molar-refractivity contribution in [2.24, 2.45) is 17.3 Å². The normalized spacial score (nSPS) is 25.9. The molecular weight excluding hydrogens is 334 g/mol. The third kappa shape index (κ3) is 4.07. The number of hydrogen-bond acceptors (Lipinski definition) is 3. The molecule has 1 amide bonds. The van der Waals surface area contributed by atoms with Gasteiger partial charge in [0.25, 0.3) is 0 Å². The summed E-state index contributed by atoms with van der Waals surface area (Å²) < 4.78 is 0. The molecule has 0 bridgehead atoms. The zero-order chi connectivity index (χ0) is 18.9. The van der Waals surface area contributed by atoms with Gasteiger partial charge in [-0.1, -0.05) is 49.6 Å². The van der Waals surface area contributed by atoms with Crippen molar-refractivity contribution in [3.63, 3.8) is 0 Å². The monoisotopic (exact) mass is 369 g/mol. The third-order valence-corrected chi connectivity index (χ3v) is 7.00. The summed E-state index contributed by atoms with van der Waals surface area (Å²) in [7, 11) is 4.36. The second-order valence-corrected chi connectivity index (χ2v) is 9.51. The van der Waals surface area contributed by atoms with E-state index in [0.717, 1.165) is 52.1 Å². The Bertz CT molecular complexity index is 632. The van der Waals surface area contributed by atoms with Crippen molar-refractivity contribution < 1.29 is 4.79 Å². The number of amides is 1. The smallest absolute Gasteiger partial charge is 0.225 e. The molecule has 1 aromatic carbocycles. The van der Waals surface area contributed by atoms with E-state index in [1.54, 1.807) is 0 Å². The summed E-state index contributed by atoms with van der Waals surface area (Å²) in [5.41, 5.74) is 1.70. The summed E-state index contributed by atoms with van der Waals surface area (Å²) in [5, 5.41) is 0. The molecule has 3 aliphatic rings. The molecule has 1 unspecified atom stereocenters. The SMILES string of the molecule is CN(C)CC1CN(Cc2ccccc2)CC12CN(C(=O)C1CCCCC1)C2. The number of likely N-dealkylation sites (tertiary alicyclic amines) is 2. The standard InChI is InChI=1S/C23H35N3O/c1-24(2)14-21-15-25(13-19-9-5-3-6-10-19)16-23(21)17-26(18-23)22(27)20-11-7-4-8-12-20/h3,5-6,9-10,20-21H,4,7-8,11-18H2,1-2H3. The van der Waals surface area contributed by atoms with Crippen molar-refractivity contribution >= 4 is 5.91 Å². The Morgan fingerprint density at radius 1 is 1.07 bits per heavy atom.